The predicted octanol–water partition coefficient (Wildman–Crippen LogP) is 4.62. The average molecular weight is 489 g/mol. The number of amides is 1. The van der Waals surface area contributed by atoms with E-state index in [0.29, 0.717) is 29.9 Å². The molecule has 0 bridgehead atoms. The summed E-state index contributed by atoms with van der Waals surface area (Å²) in [6, 6.07) is 21.7. The maximum Gasteiger partial charge on any atom is 0.261 e. The Labute approximate surface area is 206 Å². The standard InChI is InChI=1S/C27H28N4O3S/c1-20-8-7-11-24(14-20)29-35(33,34)25-13-12-21(2)26(15-25)27(32)30(3)17-23-16-28-31(19-23)18-22-9-5-4-6-10-22/h4-16,19,29H,17-18H2,1-3H3. The van der Waals surface area contributed by atoms with Gasteiger partial charge in [-0.05, 0) is 54.8 Å². The lowest BCUT2D eigenvalue weighted by Gasteiger charge is -2.18. The van der Waals surface area contributed by atoms with Gasteiger partial charge in [0, 0.05) is 36.6 Å². The first-order valence-corrected chi connectivity index (χ1v) is 12.7. The molecular weight excluding hydrogens is 460 g/mol. The highest BCUT2D eigenvalue weighted by atomic mass is 32.2. The van der Waals surface area contributed by atoms with Gasteiger partial charge < -0.3 is 4.90 Å². The van der Waals surface area contributed by atoms with E-state index in [1.165, 1.54) is 12.1 Å². The maximum absolute atomic E-state index is 13.2. The summed E-state index contributed by atoms with van der Waals surface area (Å²) < 4.78 is 30.4. The second kappa shape index (κ2) is 10.1. The van der Waals surface area contributed by atoms with Gasteiger partial charge in [0.2, 0.25) is 0 Å². The number of aryl methyl sites for hydroxylation is 2. The van der Waals surface area contributed by atoms with E-state index in [-0.39, 0.29) is 10.8 Å². The number of benzene rings is 3. The highest BCUT2D eigenvalue weighted by Gasteiger charge is 2.21. The first-order chi connectivity index (χ1) is 16.7. The highest BCUT2D eigenvalue weighted by molar-refractivity contribution is 7.92. The summed E-state index contributed by atoms with van der Waals surface area (Å²) in [6.45, 7) is 4.68. The van der Waals surface area contributed by atoms with E-state index in [1.54, 1.807) is 49.3 Å². The zero-order valence-corrected chi connectivity index (χ0v) is 20.8. The van der Waals surface area contributed by atoms with Crippen molar-refractivity contribution in [3.05, 3.63) is 113 Å². The lowest BCUT2D eigenvalue weighted by Crippen LogP contribution is -2.27. The van der Waals surface area contributed by atoms with Crippen LogP contribution in [0.1, 0.15) is 32.6 Å². The topological polar surface area (TPSA) is 84.3 Å². The predicted molar refractivity (Wildman–Crippen MR) is 137 cm³/mol. The van der Waals surface area contributed by atoms with Crippen molar-refractivity contribution in [3.8, 4) is 0 Å². The quantitative estimate of drug-likeness (QED) is 0.392. The number of anilines is 1. The van der Waals surface area contributed by atoms with Crippen molar-refractivity contribution < 1.29 is 13.2 Å². The Balaban J connectivity index is 1.48. The molecule has 1 aromatic heterocycles. The van der Waals surface area contributed by atoms with E-state index in [4.69, 9.17) is 0 Å². The fourth-order valence-corrected chi connectivity index (χ4v) is 4.89. The number of nitrogens with one attached hydrogen (secondary N) is 1. The minimum absolute atomic E-state index is 0.0389. The molecule has 180 valence electrons. The molecule has 1 N–H and O–H groups in total. The SMILES string of the molecule is Cc1cccc(NS(=O)(=O)c2ccc(C)c(C(=O)N(C)Cc3cnn(Cc4ccccc4)c3)c2)c1. The monoisotopic (exact) mass is 488 g/mol. The largest absolute Gasteiger partial charge is 0.337 e. The van der Waals surface area contributed by atoms with Gasteiger partial charge in [-0.3, -0.25) is 14.2 Å². The highest BCUT2D eigenvalue weighted by Crippen LogP contribution is 2.21. The molecule has 0 atom stereocenters. The Bertz CT molecular complexity index is 1450. The third-order valence-electron chi connectivity index (χ3n) is 5.66. The van der Waals surface area contributed by atoms with Crippen molar-refractivity contribution in [2.45, 2.75) is 31.8 Å². The van der Waals surface area contributed by atoms with Gasteiger partial charge in [-0.2, -0.15) is 5.10 Å². The van der Waals surface area contributed by atoms with Crippen LogP contribution in [0.4, 0.5) is 5.69 Å². The Morgan fingerprint density at radius 3 is 2.49 bits per heavy atom. The average Bonchev–Trinajstić information content (AvgIpc) is 3.25. The smallest absolute Gasteiger partial charge is 0.261 e. The summed E-state index contributed by atoms with van der Waals surface area (Å²) in [6.07, 6.45) is 3.66. The fourth-order valence-electron chi connectivity index (χ4n) is 3.82. The van der Waals surface area contributed by atoms with Crippen LogP contribution >= 0.6 is 0 Å². The van der Waals surface area contributed by atoms with E-state index < -0.39 is 10.0 Å². The Morgan fingerprint density at radius 1 is 0.971 bits per heavy atom. The zero-order valence-electron chi connectivity index (χ0n) is 20.0. The fraction of sp³-hybridized carbons (Fsp3) is 0.185. The lowest BCUT2D eigenvalue weighted by molar-refractivity contribution is 0.0784. The van der Waals surface area contributed by atoms with E-state index in [9.17, 15) is 13.2 Å². The molecule has 3 aromatic carbocycles. The van der Waals surface area contributed by atoms with Crippen LogP contribution in [0, 0.1) is 13.8 Å². The molecule has 8 heteroatoms. The van der Waals surface area contributed by atoms with Crippen LogP contribution in [-0.2, 0) is 23.1 Å². The van der Waals surface area contributed by atoms with Crippen LogP contribution in [0.3, 0.4) is 0 Å². The second-order valence-electron chi connectivity index (χ2n) is 8.64. The summed E-state index contributed by atoms with van der Waals surface area (Å²) in [4.78, 5) is 14.8. The van der Waals surface area contributed by atoms with Crippen LogP contribution in [0.2, 0.25) is 0 Å². The molecule has 1 heterocycles. The van der Waals surface area contributed by atoms with Gasteiger partial charge in [-0.15, -0.1) is 0 Å². The van der Waals surface area contributed by atoms with Crippen LogP contribution in [0.25, 0.3) is 0 Å². The van der Waals surface area contributed by atoms with Crippen molar-refractivity contribution in [1.29, 1.82) is 0 Å². The van der Waals surface area contributed by atoms with E-state index in [0.717, 1.165) is 16.7 Å². The molecule has 35 heavy (non-hydrogen) atoms. The van der Waals surface area contributed by atoms with Crippen molar-refractivity contribution in [3.63, 3.8) is 0 Å². The summed E-state index contributed by atoms with van der Waals surface area (Å²) in [5.41, 5.74) is 4.49. The minimum atomic E-state index is -3.85. The minimum Gasteiger partial charge on any atom is -0.337 e. The molecule has 4 aromatic rings. The van der Waals surface area contributed by atoms with Crippen LogP contribution in [0.15, 0.2) is 90.1 Å². The number of aromatic nitrogens is 2. The molecule has 0 fully saturated rings. The normalized spacial score (nSPS) is 11.3. The zero-order chi connectivity index (χ0) is 25.0. The van der Waals surface area contributed by atoms with Gasteiger partial charge in [0.05, 0.1) is 17.6 Å². The van der Waals surface area contributed by atoms with Gasteiger partial charge in [-0.25, -0.2) is 8.42 Å². The van der Waals surface area contributed by atoms with Gasteiger partial charge >= 0.3 is 0 Å². The number of hydrogen-bond acceptors (Lipinski definition) is 4. The van der Waals surface area contributed by atoms with E-state index in [2.05, 4.69) is 9.82 Å². The van der Waals surface area contributed by atoms with Crippen LogP contribution < -0.4 is 4.72 Å². The number of carbonyl (C=O) groups excluding carboxylic acids is 1. The molecule has 0 saturated heterocycles. The molecule has 4 rings (SSSR count). The molecule has 1 amide bonds. The lowest BCUT2D eigenvalue weighted by atomic mass is 10.1. The summed E-state index contributed by atoms with van der Waals surface area (Å²) in [7, 11) is -2.15. The Kier molecular flexibility index (Phi) is 7.02. The molecule has 0 saturated carbocycles. The first-order valence-electron chi connectivity index (χ1n) is 11.2. The van der Waals surface area contributed by atoms with E-state index >= 15 is 0 Å². The third kappa shape index (κ3) is 5.96. The Morgan fingerprint density at radius 2 is 1.74 bits per heavy atom. The first kappa shape index (κ1) is 24.2. The van der Waals surface area contributed by atoms with E-state index in [1.807, 2.05) is 54.2 Å². The third-order valence-corrected chi connectivity index (χ3v) is 7.04. The molecule has 0 spiro atoms. The number of sulfonamides is 1. The molecule has 0 radical (unpaired) electrons. The van der Waals surface area contributed by atoms with Crippen molar-refractivity contribution >= 4 is 21.6 Å². The number of rotatable bonds is 8. The van der Waals surface area contributed by atoms with Gasteiger partial charge in [-0.1, -0.05) is 48.5 Å². The number of hydrogen-bond donors (Lipinski definition) is 1. The van der Waals surface area contributed by atoms with Crippen molar-refractivity contribution in [2.75, 3.05) is 11.8 Å². The summed E-state index contributed by atoms with van der Waals surface area (Å²) in [5, 5.41) is 4.40. The van der Waals surface area contributed by atoms with Gasteiger partial charge in [0.15, 0.2) is 0 Å². The Hall–Kier alpha value is -3.91. The molecule has 0 aliphatic rings. The second-order valence-corrected chi connectivity index (χ2v) is 10.3. The molecule has 7 nitrogen and oxygen atoms in total. The summed E-state index contributed by atoms with van der Waals surface area (Å²) in [5.74, 6) is -0.258. The van der Waals surface area contributed by atoms with Crippen LogP contribution in [-0.4, -0.2) is 36.1 Å². The van der Waals surface area contributed by atoms with Crippen LogP contribution in [0.5, 0.6) is 0 Å². The van der Waals surface area contributed by atoms with Crippen molar-refractivity contribution in [1.82, 2.24) is 14.7 Å². The summed E-state index contributed by atoms with van der Waals surface area (Å²) >= 11 is 0. The van der Waals surface area contributed by atoms with Gasteiger partial charge in [0.25, 0.3) is 15.9 Å². The van der Waals surface area contributed by atoms with Gasteiger partial charge in [0.1, 0.15) is 0 Å². The molecule has 0 aliphatic heterocycles. The maximum atomic E-state index is 13.2. The molecule has 0 aliphatic carbocycles. The number of carbonyl (C=O) groups is 1. The molecule has 0 unspecified atom stereocenters. The van der Waals surface area contributed by atoms with Crippen molar-refractivity contribution in [2.24, 2.45) is 0 Å². The number of nitrogens with zero attached hydrogens (tertiary/aromatic N) is 3. The molecular formula is C27H28N4O3S.